The van der Waals surface area contributed by atoms with Crippen LogP contribution in [0.5, 0.6) is 0 Å². The largest absolute Gasteiger partial charge is 0.418 e. The number of hydrogen-bond donors (Lipinski definition) is 2. The number of hydrogen-bond acceptors (Lipinski definition) is 5. The number of anilines is 1. The van der Waals surface area contributed by atoms with Crippen molar-refractivity contribution in [1.29, 1.82) is 0 Å². The van der Waals surface area contributed by atoms with Crippen molar-refractivity contribution in [3.8, 4) is 0 Å². The molecule has 1 amide bonds. The van der Waals surface area contributed by atoms with E-state index in [2.05, 4.69) is 20.8 Å². The zero-order valence-electron chi connectivity index (χ0n) is 15.0. The van der Waals surface area contributed by atoms with E-state index in [1.54, 1.807) is 19.0 Å². The normalized spacial score (nSPS) is 13.6. The quantitative estimate of drug-likeness (QED) is 0.587. The van der Waals surface area contributed by atoms with E-state index in [-0.39, 0.29) is 18.4 Å². The predicted molar refractivity (Wildman–Crippen MR) is 89.3 cm³/mol. The molecule has 154 valence electrons. The molecule has 0 radical (unpaired) electrons. The zero-order valence-corrected chi connectivity index (χ0v) is 15.0. The van der Waals surface area contributed by atoms with Gasteiger partial charge in [-0.15, -0.1) is 5.10 Å². The van der Waals surface area contributed by atoms with Crippen LogP contribution < -0.4 is 10.6 Å². The first kappa shape index (κ1) is 21.7. The number of nitrogens with one attached hydrogen (secondary N) is 2. The summed E-state index contributed by atoms with van der Waals surface area (Å²) in [6.07, 6.45) is -9.09. The van der Waals surface area contributed by atoms with Crippen LogP contribution in [-0.2, 0) is 17.1 Å². The number of aromatic nitrogens is 2. The van der Waals surface area contributed by atoms with Gasteiger partial charge in [0.05, 0.1) is 29.7 Å². The number of nitrogens with zero attached hydrogens (tertiary/aromatic N) is 3. The molecule has 0 aliphatic carbocycles. The summed E-state index contributed by atoms with van der Waals surface area (Å²) in [7, 11) is 3.41. The lowest BCUT2D eigenvalue weighted by atomic mass is 10.0. The van der Waals surface area contributed by atoms with E-state index >= 15 is 0 Å². The van der Waals surface area contributed by atoms with Gasteiger partial charge < -0.3 is 10.6 Å². The molecule has 1 aromatic carbocycles. The molecule has 0 unspecified atom stereocenters. The second-order valence-corrected chi connectivity index (χ2v) is 6.32. The van der Waals surface area contributed by atoms with Gasteiger partial charge in [0.1, 0.15) is 11.6 Å². The van der Waals surface area contributed by atoms with Gasteiger partial charge >= 0.3 is 12.4 Å². The number of alkyl halides is 6. The van der Waals surface area contributed by atoms with E-state index < -0.39 is 46.3 Å². The highest BCUT2D eigenvalue weighted by Crippen LogP contribution is 2.40. The Kier molecular flexibility index (Phi) is 6.02. The van der Waals surface area contributed by atoms with Crippen LogP contribution in [0.15, 0.2) is 18.3 Å². The molecule has 0 saturated heterocycles. The van der Waals surface area contributed by atoms with Crippen LogP contribution in [0.25, 0.3) is 10.9 Å². The molecule has 1 atom stereocenters. The highest BCUT2D eigenvalue weighted by Gasteiger charge is 2.39. The molecule has 1 heterocycles. The van der Waals surface area contributed by atoms with Gasteiger partial charge in [-0.3, -0.25) is 9.69 Å². The summed E-state index contributed by atoms with van der Waals surface area (Å²) in [5, 5.41) is 11.5. The monoisotopic (exact) mass is 409 g/mol. The standard InChI is InChI=1S/C16H17F6N5O/c1-8(14(28)23-7-27(2)3)25-12-6-24-26-13-10(12)4-9(15(17,18)19)5-11(13)16(20,21)22/h4-6,8H,7H2,1-3H3,(H,23,28)(H,25,26)/t8-/m0/s1. The number of carbonyl (C=O) groups is 1. The van der Waals surface area contributed by atoms with Crippen molar-refractivity contribution in [2.24, 2.45) is 0 Å². The van der Waals surface area contributed by atoms with E-state index in [1.165, 1.54) is 6.92 Å². The lowest BCUT2D eigenvalue weighted by Gasteiger charge is -2.19. The number of amides is 1. The number of rotatable bonds is 5. The highest BCUT2D eigenvalue weighted by molar-refractivity contribution is 5.95. The summed E-state index contributed by atoms with van der Waals surface area (Å²) in [6.45, 7) is 1.62. The minimum Gasteiger partial charge on any atom is -0.372 e. The number of carbonyl (C=O) groups excluding carboxylic acids is 1. The molecule has 2 aromatic rings. The van der Waals surface area contributed by atoms with Gasteiger partial charge in [-0.1, -0.05) is 0 Å². The average Bonchev–Trinajstić information content (AvgIpc) is 2.57. The molecular formula is C16H17F6N5O. The van der Waals surface area contributed by atoms with Gasteiger partial charge in [0.15, 0.2) is 0 Å². The fourth-order valence-corrected chi connectivity index (χ4v) is 2.34. The third-order valence-electron chi connectivity index (χ3n) is 3.71. The highest BCUT2D eigenvalue weighted by atomic mass is 19.4. The van der Waals surface area contributed by atoms with Crippen LogP contribution in [0, 0.1) is 0 Å². The maximum absolute atomic E-state index is 13.3. The van der Waals surface area contributed by atoms with E-state index in [0.717, 1.165) is 6.20 Å². The van der Waals surface area contributed by atoms with Gasteiger partial charge in [-0.05, 0) is 33.2 Å². The van der Waals surface area contributed by atoms with Crippen LogP contribution in [0.1, 0.15) is 18.1 Å². The third-order valence-corrected chi connectivity index (χ3v) is 3.71. The third kappa shape index (κ3) is 5.00. The molecule has 0 aliphatic rings. The molecule has 0 fully saturated rings. The summed E-state index contributed by atoms with van der Waals surface area (Å²) >= 11 is 0. The Balaban J connectivity index is 2.51. The topological polar surface area (TPSA) is 70.1 Å². The molecule has 1 aromatic heterocycles. The first-order valence-electron chi connectivity index (χ1n) is 7.93. The van der Waals surface area contributed by atoms with Crippen molar-refractivity contribution in [3.63, 3.8) is 0 Å². The van der Waals surface area contributed by atoms with Gasteiger partial charge in [-0.2, -0.15) is 31.4 Å². The number of fused-ring (bicyclic) bond motifs is 1. The summed E-state index contributed by atoms with van der Waals surface area (Å²) in [5.74, 6) is -0.498. The van der Waals surface area contributed by atoms with E-state index in [0.29, 0.717) is 6.07 Å². The maximum atomic E-state index is 13.3. The van der Waals surface area contributed by atoms with Crippen LogP contribution in [-0.4, -0.2) is 47.8 Å². The molecule has 12 heteroatoms. The van der Waals surface area contributed by atoms with Crippen molar-refractivity contribution in [3.05, 3.63) is 29.5 Å². The second-order valence-electron chi connectivity index (χ2n) is 6.32. The summed E-state index contributed by atoms with van der Waals surface area (Å²) < 4.78 is 79.1. The van der Waals surface area contributed by atoms with Crippen molar-refractivity contribution in [2.75, 3.05) is 26.1 Å². The van der Waals surface area contributed by atoms with Crippen molar-refractivity contribution < 1.29 is 31.1 Å². The number of benzene rings is 1. The van der Waals surface area contributed by atoms with Crippen molar-refractivity contribution >= 4 is 22.5 Å². The number of halogens is 6. The van der Waals surface area contributed by atoms with Gasteiger partial charge in [0.25, 0.3) is 0 Å². The molecule has 0 saturated carbocycles. The first-order valence-corrected chi connectivity index (χ1v) is 7.93. The zero-order chi connectivity index (χ0) is 21.3. The Morgan fingerprint density at radius 3 is 2.32 bits per heavy atom. The Hall–Kier alpha value is -2.63. The molecule has 2 rings (SSSR count). The molecule has 0 bridgehead atoms. The van der Waals surface area contributed by atoms with Crippen LogP contribution in [0.4, 0.5) is 32.0 Å². The van der Waals surface area contributed by atoms with Crippen molar-refractivity contribution in [1.82, 2.24) is 20.4 Å². The summed E-state index contributed by atoms with van der Waals surface area (Å²) in [5.41, 5.74) is -3.95. The molecule has 28 heavy (non-hydrogen) atoms. The Morgan fingerprint density at radius 1 is 1.14 bits per heavy atom. The molecule has 6 nitrogen and oxygen atoms in total. The Morgan fingerprint density at radius 2 is 1.79 bits per heavy atom. The van der Waals surface area contributed by atoms with E-state index in [9.17, 15) is 31.1 Å². The minimum atomic E-state index is -5.07. The van der Waals surface area contributed by atoms with Gasteiger partial charge in [-0.25, -0.2) is 0 Å². The Bertz CT molecular complexity index is 865. The maximum Gasteiger partial charge on any atom is 0.418 e. The molecule has 0 spiro atoms. The second kappa shape index (κ2) is 7.78. The SMILES string of the molecule is C[C@H](Nc1cnnc2c(C(F)(F)F)cc(C(F)(F)F)cc12)C(=O)NCN(C)C. The lowest BCUT2D eigenvalue weighted by molar-refractivity contribution is -0.142. The van der Waals surface area contributed by atoms with E-state index in [4.69, 9.17) is 0 Å². The molecular weight excluding hydrogens is 392 g/mol. The summed E-state index contributed by atoms with van der Waals surface area (Å²) in [4.78, 5) is 13.7. The van der Waals surface area contributed by atoms with Crippen LogP contribution in [0.3, 0.4) is 0 Å². The fourth-order valence-electron chi connectivity index (χ4n) is 2.34. The molecule has 0 aliphatic heterocycles. The van der Waals surface area contributed by atoms with Crippen LogP contribution >= 0.6 is 0 Å². The van der Waals surface area contributed by atoms with Crippen LogP contribution in [0.2, 0.25) is 0 Å². The first-order chi connectivity index (χ1) is 12.8. The average molecular weight is 409 g/mol. The van der Waals surface area contributed by atoms with E-state index in [1.807, 2.05) is 0 Å². The van der Waals surface area contributed by atoms with Gasteiger partial charge in [0, 0.05) is 5.39 Å². The smallest absolute Gasteiger partial charge is 0.372 e. The van der Waals surface area contributed by atoms with Crippen molar-refractivity contribution in [2.45, 2.75) is 25.3 Å². The Labute approximate surface area is 155 Å². The molecule has 2 N–H and O–H groups in total. The summed E-state index contributed by atoms with van der Waals surface area (Å²) in [6, 6.07) is -0.406. The lowest BCUT2D eigenvalue weighted by Crippen LogP contribution is -2.41. The predicted octanol–water partition coefficient (Wildman–Crippen LogP) is 3.10. The fraction of sp³-hybridized carbons (Fsp3) is 0.438. The minimum absolute atomic E-state index is 0.00594. The van der Waals surface area contributed by atoms with Gasteiger partial charge in [0.2, 0.25) is 5.91 Å².